The molecular formula is C23H23N2O+. The first kappa shape index (κ1) is 16.4. The van der Waals surface area contributed by atoms with E-state index in [4.69, 9.17) is 4.74 Å². The number of nitrogens with one attached hydrogen (secondary N) is 1. The fourth-order valence-electron chi connectivity index (χ4n) is 3.26. The van der Waals surface area contributed by atoms with Gasteiger partial charge in [0.05, 0.1) is 0 Å². The molecule has 1 aromatic heterocycles. The lowest BCUT2D eigenvalue weighted by atomic mass is 10.1. The maximum absolute atomic E-state index is 6.03. The summed E-state index contributed by atoms with van der Waals surface area (Å²) in [6.45, 7) is 5.53. The van der Waals surface area contributed by atoms with Crippen molar-refractivity contribution in [2.24, 2.45) is 0 Å². The van der Waals surface area contributed by atoms with Gasteiger partial charge in [0.25, 0.3) is 5.82 Å². The Kier molecular flexibility index (Phi) is 4.44. The Bertz CT molecular complexity index is 1030. The first-order chi connectivity index (χ1) is 12.7. The molecule has 3 heteroatoms. The molecule has 0 fully saturated rings. The van der Waals surface area contributed by atoms with Crippen molar-refractivity contribution in [3.05, 3.63) is 95.3 Å². The van der Waals surface area contributed by atoms with Crippen LogP contribution < -0.4 is 9.30 Å². The summed E-state index contributed by atoms with van der Waals surface area (Å²) in [7, 11) is 0. The van der Waals surface area contributed by atoms with Gasteiger partial charge in [-0.1, -0.05) is 59.7 Å². The maximum atomic E-state index is 6.03. The van der Waals surface area contributed by atoms with Crippen molar-refractivity contribution >= 4 is 11.0 Å². The van der Waals surface area contributed by atoms with E-state index in [1.54, 1.807) is 0 Å². The molecule has 0 aliphatic carbocycles. The number of imidazole rings is 1. The zero-order chi connectivity index (χ0) is 17.9. The predicted molar refractivity (Wildman–Crippen MR) is 104 cm³/mol. The maximum Gasteiger partial charge on any atom is 0.294 e. The third-order valence-electron chi connectivity index (χ3n) is 4.62. The number of benzene rings is 3. The second-order valence-corrected chi connectivity index (χ2v) is 6.77. The van der Waals surface area contributed by atoms with Crippen LogP contribution in [0.2, 0.25) is 0 Å². The third kappa shape index (κ3) is 3.47. The average molecular weight is 343 g/mol. The van der Waals surface area contributed by atoms with Gasteiger partial charge >= 0.3 is 0 Å². The smallest absolute Gasteiger partial charge is 0.294 e. The molecule has 0 saturated heterocycles. The van der Waals surface area contributed by atoms with Crippen LogP contribution in [0.4, 0.5) is 0 Å². The van der Waals surface area contributed by atoms with Crippen LogP contribution in [0, 0.1) is 13.8 Å². The van der Waals surface area contributed by atoms with E-state index >= 15 is 0 Å². The Morgan fingerprint density at radius 1 is 0.846 bits per heavy atom. The van der Waals surface area contributed by atoms with Crippen molar-refractivity contribution in [3.8, 4) is 5.75 Å². The molecule has 0 aliphatic heterocycles. The van der Waals surface area contributed by atoms with Crippen molar-refractivity contribution in [1.82, 2.24) is 4.98 Å². The van der Waals surface area contributed by atoms with Crippen molar-refractivity contribution in [2.75, 3.05) is 0 Å². The summed E-state index contributed by atoms with van der Waals surface area (Å²) in [4.78, 5) is 3.52. The van der Waals surface area contributed by atoms with E-state index in [0.717, 1.165) is 23.6 Å². The molecule has 4 rings (SSSR count). The number of nitrogens with zero attached hydrogens (tertiary/aromatic N) is 1. The van der Waals surface area contributed by atoms with Gasteiger partial charge in [0.15, 0.2) is 17.6 Å². The SMILES string of the molecule is Cc1ccc(OCc2[nH]c3ccccc3[n+]2Cc2cccc(C)c2)cc1. The zero-order valence-corrected chi connectivity index (χ0v) is 15.2. The Morgan fingerprint density at radius 3 is 2.46 bits per heavy atom. The van der Waals surface area contributed by atoms with E-state index in [-0.39, 0.29) is 0 Å². The van der Waals surface area contributed by atoms with Gasteiger partial charge in [0.1, 0.15) is 12.3 Å². The van der Waals surface area contributed by atoms with Gasteiger partial charge in [0.2, 0.25) is 0 Å². The molecule has 0 saturated carbocycles. The zero-order valence-electron chi connectivity index (χ0n) is 15.2. The summed E-state index contributed by atoms with van der Waals surface area (Å²) in [5.74, 6) is 1.95. The number of ether oxygens (including phenoxy) is 1. The number of fused-ring (bicyclic) bond motifs is 1. The number of aryl methyl sites for hydroxylation is 2. The second-order valence-electron chi connectivity index (χ2n) is 6.77. The van der Waals surface area contributed by atoms with Gasteiger partial charge in [-0.05, 0) is 43.7 Å². The molecule has 4 aromatic rings. The highest BCUT2D eigenvalue weighted by atomic mass is 16.5. The van der Waals surface area contributed by atoms with Crippen LogP contribution in [0.5, 0.6) is 5.75 Å². The predicted octanol–water partition coefficient (Wildman–Crippen LogP) is 4.70. The Balaban J connectivity index is 1.65. The largest absolute Gasteiger partial charge is 0.481 e. The number of aromatic amines is 1. The van der Waals surface area contributed by atoms with Gasteiger partial charge in [-0.25, -0.2) is 9.55 Å². The number of hydrogen-bond donors (Lipinski definition) is 1. The normalized spacial score (nSPS) is 11.0. The molecule has 0 radical (unpaired) electrons. The topological polar surface area (TPSA) is 28.9 Å². The molecule has 3 nitrogen and oxygen atoms in total. The second kappa shape index (κ2) is 7.04. The lowest BCUT2D eigenvalue weighted by Gasteiger charge is -2.06. The fourth-order valence-corrected chi connectivity index (χ4v) is 3.26. The van der Waals surface area contributed by atoms with Crippen LogP contribution in [-0.2, 0) is 13.2 Å². The van der Waals surface area contributed by atoms with Crippen LogP contribution in [0.15, 0.2) is 72.8 Å². The highest BCUT2D eigenvalue weighted by molar-refractivity contribution is 5.71. The molecule has 130 valence electrons. The van der Waals surface area contributed by atoms with E-state index in [9.17, 15) is 0 Å². The molecule has 26 heavy (non-hydrogen) atoms. The molecular weight excluding hydrogens is 320 g/mol. The van der Waals surface area contributed by atoms with Gasteiger partial charge in [0, 0.05) is 0 Å². The van der Waals surface area contributed by atoms with E-state index in [2.05, 4.69) is 84.1 Å². The molecule has 0 atom stereocenters. The number of H-pyrrole nitrogens is 1. The van der Waals surface area contributed by atoms with Crippen LogP contribution in [0.25, 0.3) is 11.0 Å². The minimum atomic E-state index is 0.504. The number of para-hydroxylation sites is 2. The summed E-state index contributed by atoms with van der Waals surface area (Å²) in [6, 6.07) is 25.2. The molecule has 0 spiro atoms. The minimum Gasteiger partial charge on any atom is -0.481 e. The van der Waals surface area contributed by atoms with Gasteiger partial charge in [-0.2, -0.15) is 0 Å². The van der Waals surface area contributed by atoms with Gasteiger partial charge in [-0.3, -0.25) is 0 Å². The highest BCUT2D eigenvalue weighted by Crippen LogP contribution is 2.15. The molecule has 1 heterocycles. The molecule has 3 aromatic carbocycles. The first-order valence-corrected chi connectivity index (χ1v) is 8.93. The Hall–Kier alpha value is -3.07. The summed E-state index contributed by atoms with van der Waals surface area (Å²) in [5, 5.41) is 0. The van der Waals surface area contributed by atoms with E-state index in [0.29, 0.717) is 6.61 Å². The van der Waals surface area contributed by atoms with Gasteiger partial charge in [-0.15, -0.1) is 0 Å². The van der Waals surface area contributed by atoms with Crippen LogP contribution in [0.3, 0.4) is 0 Å². The lowest BCUT2D eigenvalue weighted by molar-refractivity contribution is -0.671. The quantitative estimate of drug-likeness (QED) is 0.523. The Morgan fingerprint density at radius 2 is 1.65 bits per heavy atom. The lowest BCUT2D eigenvalue weighted by Crippen LogP contribution is -2.38. The summed E-state index contributed by atoms with van der Waals surface area (Å²) in [6.07, 6.45) is 0. The van der Waals surface area contributed by atoms with E-state index < -0.39 is 0 Å². The number of rotatable bonds is 5. The standard InChI is InChI=1S/C23H22N2O/c1-17-10-12-20(13-11-17)26-16-23-24-21-8-3-4-9-22(21)25(23)15-19-7-5-6-18(2)14-19/h3-14H,15-16H2,1-2H3/p+1. The highest BCUT2D eigenvalue weighted by Gasteiger charge is 2.19. The van der Waals surface area contributed by atoms with Crippen LogP contribution >= 0.6 is 0 Å². The molecule has 0 aliphatic rings. The van der Waals surface area contributed by atoms with Gasteiger partial charge < -0.3 is 4.74 Å². The minimum absolute atomic E-state index is 0.504. The first-order valence-electron chi connectivity index (χ1n) is 8.93. The number of aromatic nitrogens is 2. The van der Waals surface area contributed by atoms with Crippen LogP contribution in [0.1, 0.15) is 22.5 Å². The Labute approximate surface area is 153 Å². The fraction of sp³-hybridized carbons (Fsp3) is 0.174. The third-order valence-corrected chi connectivity index (χ3v) is 4.62. The van der Waals surface area contributed by atoms with Crippen molar-refractivity contribution < 1.29 is 9.30 Å². The average Bonchev–Trinajstić information content (AvgIpc) is 2.99. The van der Waals surface area contributed by atoms with Crippen molar-refractivity contribution in [3.63, 3.8) is 0 Å². The molecule has 0 bridgehead atoms. The summed E-state index contributed by atoms with van der Waals surface area (Å²) >= 11 is 0. The molecule has 0 amide bonds. The monoisotopic (exact) mass is 343 g/mol. The van der Waals surface area contributed by atoms with Crippen molar-refractivity contribution in [2.45, 2.75) is 27.0 Å². The van der Waals surface area contributed by atoms with Crippen LogP contribution in [-0.4, -0.2) is 4.98 Å². The number of hydrogen-bond acceptors (Lipinski definition) is 1. The van der Waals surface area contributed by atoms with Crippen molar-refractivity contribution in [1.29, 1.82) is 0 Å². The summed E-state index contributed by atoms with van der Waals surface area (Å²) in [5.41, 5.74) is 6.12. The van der Waals surface area contributed by atoms with E-state index in [1.807, 2.05) is 12.1 Å². The molecule has 0 unspecified atom stereocenters. The summed E-state index contributed by atoms with van der Waals surface area (Å²) < 4.78 is 8.33. The molecule has 1 N–H and O–H groups in total. The van der Waals surface area contributed by atoms with E-state index in [1.165, 1.54) is 22.2 Å².